The molecule has 0 amide bonds. The molecule has 0 aliphatic rings. The van der Waals surface area contributed by atoms with Crippen LogP contribution >= 0.6 is 11.6 Å². The van der Waals surface area contributed by atoms with Crippen LogP contribution in [-0.2, 0) is 5.41 Å². The van der Waals surface area contributed by atoms with E-state index in [1.807, 2.05) is 39.0 Å². The Morgan fingerprint density at radius 3 is 2.33 bits per heavy atom. The molecule has 0 bridgehead atoms. The third kappa shape index (κ3) is 2.08. The summed E-state index contributed by atoms with van der Waals surface area (Å²) in [6.45, 7) is 6.03. The number of hydrogen-bond donors (Lipinski definition) is 1. The summed E-state index contributed by atoms with van der Waals surface area (Å²) >= 11 is 6.16. The van der Waals surface area contributed by atoms with Gasteiger partial charge in [0, 0.05) is 10.4 Å². The van der Waals surface area contributed by atoms with E-state index in [1.165, 1.54) is 0 Å². The fourth-order valence-electron chi connectivity index (χ4n) is 2.31. The number of carboxylic acid groups (broad SMARTS) is 1. The molecular weight excluding hydrogens is 248 g/mol. The summed E-state index contributed by atoms with van der Waals surface area (Å²) < 4.78 is 0. The molecule has 94 valence electrons. The van der Waals surface area contributed by atoms with Gasteiger partial charge in [0.25, 0.3) is 0 Å². The molecule has 2 rings (SSSR count). The second-order valence-electron chi connectivity index (χ2n) is 5.38. The molecule has 2 aromatic carbocycles. The lowest BCUT2D eigenvalue weighted by atomic mass is 9.80. The highest BCUT2D eigenvalue weighted by molar-refractivity contribution is 6.35. The normalized spacial score (nSPS) is 11.8. The van der Waals surface area contributed by atoms with Gasteiger partial charge >= 0.3 is 5.97 Å². The van der Waals surface area contributed by atoms with Crippen LogP contribution in [-0.4, -0.2) is 11.1 Å². The number of carboxylic acids is 1. The van der Waals surface area contributed by atoms with Crippen molar-refractivity contribution in [2.75, 3.05) is 0 Å². The van der Waals surface area contributed by atoms with E-state index in [-0.39, 0.29) is 5.41 Å². The highest BCUT2D eigenvalue weighted by Crippen LogP contribution is 2.35. The molecule has 0 saturated heterocycles. The summed E-state index contributed by atoms with van der Waals surface area (Å²) in [6, 6.07) is 9.00. The Morgan fingerprint density at radius 2 is 1.78 bits per heavy atom. The van der Waals surface area contributed by atoms with Crippen molar-refractivity contribution in [1.29, 1.82) is 0 Å². The average molecular weight is 263 g/mol. The lowest BCUT2D eigenvalue weighted by molar-refractivity contribution is 0.0694. The van der Waals surface area contributed by atoms with Gasteiger partial charge in [-0.1, -0.05) is 50.6 Å². The Kier molecular flexibility index (Phi) is 3.07. The van der Waals surface area contributed by atoms with Crippen LogP contribution in [0.5, 0.6) is 0 Å². The molecule has 0 radical (unpaired) electrons. The van der Waals surface area contributed by atoms with Crippen LogP contribution in [0.15, 0.2) is 30.3 Å². The van der Waals surface area contributed by atoms with Crippen LogP contribution in [0.4, 0.5) is 0 Å². The summed E-state index contributed by atoms with van der Waals surface area (Å²) in [6.07, 6.45) is 0. The van der Waals surface area contributed by atoms with Gasteiger partial charge in [0.15, 0.2) is 0 Å². The molecule has 0 saturated carbocycles. The first kappa shape index (κ1) is 12.9. The predicted octanol–water partition coefficient (Wildman–Crippen LogP) is 4.49. The van der Waals surface area contributed by atoms with Gasteiger partial charge in [0.05, 0.1) is 5.56 Å². The zero-order chi connectivity index (χ0) is 13.5. The van der Waals surface area contributed by atoms with Crippen LogP contribution in [0, 0.1) is 0 Å². The second kappa shape index (κ2) is 4.29. The number of carbonyl (C=O) groups is 1. The minimum Gasteiger partial charge on any atom is -0.478 e. The summed E-state index contributed by atoms with van der Waals surface area (Å²) in [5.41, 5.74) is 0.921. The molecule has 2 nitrogen and oxygen atoms in total. The maximum Gasteiger partial charge on any atom is 0.336 e. The third-order valence-electron chi connectivity index (χ3n) is 2.99. The maximum atomic E-state index is 11.4. The quantitative estimate of drug-likeness (QED) is 0.822. The lowest BCUT2D eigenvalue weighted by Crippen LogP contribution is -2.17. The lowest BCUT2D eigenvalue weighted by Gasteiger charge is -2.24. The van der Waals surface area contributed by atoms with Crippen LogP contribution in [0.3, 0.4) is 0 Å². The van der Waals surface area contributed by atoms with Crippen molar-refractivity contribution in [3.63, 3.8) is 0 Å². The molecule has 2 aromatic rings. The first-order valence-corrected chi connectivity index (χ1v) is 6.15. The van der Waals surface area contributed by atoms with Crippen molar-refractivity contribution in [3.05, 3.63) is 46.5 Å². The zero-order valence-electron chi connectivity index (χ0n) is 10.6. The van der Waals surface area contributed by atoms with Gasteiger partial charge in [0.1, 0.15) is 0 Å². The zero-order valence-corrected chi connectivity index (χ0v) is 11.4. The van der Waals surface area contributed by atoms with E-state index in [0.29, 0.717) is 10.6 Å². The molecule has 0 aliphatic heterocycles. The van der Waals surface area contributed by atoms with Crippen LogP contribution in [0.2, 0.25) is 5.02 Å². The predicted molar refractivity (Wildman–Crippen MR) is 74.6 cm³/mol. The molecule has 1 N–H and O–H groups in total. The SMILES string of the molecule is CC(C)(C)c1c(C(=O)O)ccc2c(Cl)cccc12. The van der Waals surface area contributed by atoms with E-state index in [4.69, 9.17) is 11.6 Å². The summed E-state index contributed by atoms with van der Waals surface area (Å²) in [5, 5.41) is 11.8. The van der Waals surface area contributed by atoms with Crippen LogP contribution < -0.4 is 0 Å². The molecule has 0 atom stereocenters. The van der Waals surface area contributed by atoms with Crippen molar-refractivity contribution in [2.45, 2.75) is 26.2 Å². The topological polar surface area (TPSA) is 37.3 Å². The number of aromatic carboxylic acids is 1. The van der Waals surface area contributed by atoms with E-state index < -0.39 is 5.97 Å². The van der Waals surface area contributed by atoms with E-state index in [9.17, 15) is 9.90 Å². The van der Waals surface area contributed by atoms with E-state index in [0.717, 1.165) is 16.3 Å². The highest BCUT2D eigenvalue weighted by Gasteiger charge is 2.24. The largest absolute Gasteiger partial charge is 0.478 e. The molecule has 0 aromatic heterocycles. The van der Waals surface area contributed by atoms with Gasteiger partial charge in [-0.25, -0.2) is 4.79 Å². The van der Waals surface area contributed by atoms with Gasteiger partial charge in [0.2, 0.25) is 0 Å². The molecular formula is C15H15ClO2. The standard InChI is InChI=1S/C15H15ClO2/c1-15(2,3)13-10-5-4-6-12(16)9(10)7-8-11(13)14(17)18/h4-8H,1-3H3,(H,17,18). The number of fused-ring (bicyclic) bond motifs is 1. The van der Waals surface area contributed by atoms with Crippen molar-refractivity contribution < 1.29 is 9.90 Å². The summed E-state index contributed by atoms with van der Waals surface area (Å²) in [5.74, 6) is -0.901. The van der Waals surface area contributed by atoms with Crippen molar-refractivity contribution in [3.8, 4) is 0 Å². The Labute approximate surface area is 111 Å². The van der Waals surface area contributed by atoms with Gasteiger partial charge < -0.3 is 5.11 Å². The number of hydrogen-bond acceptors (Lipinski definition) is 1. The maximum absolute atomic E-state index is 11.4. The van der Waals surface area contributed by atoms with E-state index in [1.54, 1.807) is 12.1 Å². The fourth-order valence-corrected chi connectivity index (χ4v) is 2.54. The summed E-state index contributed by atoms with van der Waals surface area (Å²) in [4.78, 5) is 11.4. The molecule has 0 aliphatic carbocycles. The Balaban J connectivity index is 2.95. The molecule has 0 unspecified atom stereocenters. The van der Waals surface area contributed by atoms with Crippen molar-refractivity contribution >= 4 is 28.3 Å². The second-order valence-corrected chi connectivity index (χ2v) is 5.79. The van der Waals surface area contributed by atoms with E-state index in [2.05, 4.69) is 0 Å². The molecule has 0 fully saturated rings. The monoisotopic (exact) mass is 262 g/mol. The average Bonchev–Trinajstić information content (AvgIpc) is 2.26. The van der Waals surface area contributed by atoms with Crippen molar-refractivity contribution in [1.82, 2.24) is 0 Å². The van der Waals surface area contributed by atoms with Crippen LogP contribution in [0.1, 0.15) is 36.7 Å². The van der Waals surface area contributed by atoms with Gasteiger partial charge in [-0.15, -0.1) is 0 Å². The first-order chi connectivity index (χ1) is 8.32. The fraction of sp³-hybridized carbons (Fsp3) is 0.267. The minimum atomic E-state index is -0.901. The summed E-state index contributed by atoms with van der Waals surface area (Å²) in [7, 11) is 0. The first-order valence-electron chi connectivity index (χ1n) is 5.77. The van der Waals surface area contributed by atoms with E-state index >= 15 is 0 Å². The molecule has 3 heteroatoms. The highest BCUT2D eigenvalue weighted by atomic mass is 35.5. The van der Waals surface area contributed by atoms with Crippen molar-refractivity contribution in [2.24, 2.45) is 0 Å². The smallest absolute Gasteiger partial charge is 0.336 e. The Bertz CT molecular complexity index is 624. The Hall–Kier alpha value is -1.54. The Morgan fingerprint density at radius 1 is 1.11 bits per heavy atom. The minimum absolute atomic E-state index is 0.252. The molecule has 18 heavy (non-hydrogen) atoms. The number of benzene rings is 2. The van der Waals surface area contributed by atoms with Gasteiger partial charge in [-0.2, -0.15) is 0 Å². The number of halogens is 1. The van der Waals surface area contributed by atoms with Gasteiger partial charge in [-0.3, -0.25) is 0 Å². The molecule has 0 spiro atoms. The molecule has 0 heterocycles. The van der Waals surface area contributed by atoms with Gasteiger partial charge in [-0.05, 0) is 28.5 Å². The number of rotatable bonds is 1. The third-order valence-corrected chi connectivity index (χ3v) is 3.32. The van der Waals surface area contributed by atoms with Crippen LogP contribution in [0.25, 0.3) is 10.8 Å².